The number of hydrogen-bond donors (Lipinski definition) is 1. The zero-order valence-corrected chi connectivity index (χ0v) is 12.3. The quantitative estimate of drug-likeness (QED) is 0.820. The third-order valence-corrected chi connectivity index (χ3v) is 4.73. The first kappa shape index (κ1) is 14.3. The Morgan fingerprint density at radius 3 is 2.72 bits per heavy atom. The van der Waals surface area contributed by atoms with Gasteiger partial charge in [0.15, 0.2) is 0 Å². The van der Waals surface area contributed by atoms with Crippen molar-refractivity contribution in [1.29, 1.82) is 0 Å². The Hall–Kier alpha value is -0.120. The van der Waals surface area contributed by atoms with E-state index in [1.807, 2.05) is 0 Å². The van der Waals surface area contributed by atoms with Crippen LogP contribution in [0, 0.1) is 17.8 Å². The molecule has 5 atom stereocenters. The first-order valence-corrected chi connectivity index (χ1v) is 7.65. The third-order valence-electron chi connectivity index (χ3n) is 4.73. The Labute approximate surface area is 112 Å². The SMILES string of the molecule is CC1CC(C)C(CN2CCCOC(C)C2)C(N)C1. The van der Waals surface area contributed by atoms with Gasteiger partial charge in [-0.15, -0.1) is 0 Å². The highest BCUT2D eigenvalue weighted by atomic mass is 16.5. The molecule has 1 heterocycles. The van der Waals surface area contributed by atoms with Gasteiger partial charge in [-0.1, -0.05) is 13.8 Å². The standard InChI is InChI=1S/C15H30N2O/c1-11-7-12(2)14(15(16)8-11)10-17-5-4-6-18-13(3)9-17/h11-15H,4-10,16H2,1-3H3. The van der Waals surface area contributed by atoms with Crippen LogP contribution in [0.4, 0.5) is 0 Å². The van der Waals surface area contributed by atoms with Crippen LogP contribution in [0.15, 0.2) is 0 Å². The average molecular weight is 254 g/mol. The molecule has 5 unspecified atom stereocenters. The Kier molecular flexibility index (Phi) is 5.05. The van der Waals surface area contributed by atoms with Crippen molar-refractivity contribution in [2.75, 3.05) is 26.2 Å². The summed E-state index contributed by atoms with van der Waals surface area (Å²) in [6, 6.07) is 0.392. The van der Waals surface area contributed by atoms with Gasteiger partial charge in [0.25, 0.3) is 0 Å². The highest BCUT2D eigenvalue weighted by Gasteiger charge is 2.33. The number of ether oxygens (including phenoxy) is 1. The zero-order valence-electron chi connectivity index (χ0n) is 12.3. The highest BCUT2D eigenvalue weighted by molar-refractivity contribution is 4.87. The minimum absolute atomic E-state index is 0.376. The van der Waals surface area contributed by atoms with Gasteiger partial charge in [0, 0.05) is 32.3 Å². The molecule has 0 aromatic carbocycles. The summed E-state index contributed by atoms with van der Waals surface area (Å²) in [5.74, 6) is 2.24. The first-order valence-electron chi connectivity index (χ1n) is 7.65. The second kappa shape index (κ2) is 6.36. The molecule has 1 aliphatic carbocycles. The smallest absolute Gasteiger partial charge is 0.0673 e. The van der Waals surface area contributed by atoms with Gasteiger partial charge in [-0.3, -0.25) is 0 Å². The summed E-state index contributed by atoms with van der Waals surface area (Å²) in [5, 5.41) is 0. The van der Waals surface area contributed by atoms with Crippen molar-refractivity contribution in [3.05, 3.63) is 0 Å². The average Bonchev–Trinajstić information content (AvgIpc) is 2.48. The molecule has 2 N–H and O–H groups in total. The van der Waals surface area contributed by atoms with E-state index < -0.39 is 0 Å². The van der Waals surface area contributed by atoms with E-state index in [0.717, 1.165) is 31.4 Å². The van der Waals surface area contributed by atoms with Crippen LogP contribution in [-0.4, -0.2) is 43.3 Å². The third kappa shape index (κ3) is 3.69. The van der Waals surface area contributed by atoms with E-state index in [4.69, 9.17) is 10.5 Å². The second-order valence-corrected chi connectivity index (χ2v) is 6.68. The Bertz CT molecular complexity index is 247. The van der Waals surface area contributed by atoms with Crippen LogP contribution in [0.5, 0.6) is 0 Å². The molecule has 0 aromatic heterocycles. The van der Waals surface area contributed by atoms with Gasteiger partial charge in [-0.25, -0.2) is 0 Å². The van der Waals surface area contributed by atoms with Gasteiger partial charge >= 0.3 is 0 Å². The summed E-state index contributed by atoms with van der Waals surface area (Å²) < 4.78 is 5.72. The summed E-state index contributed by atoms with van der Waals surface area (Å²) in [6.07, 6.45) is 4.09. The second-order valence-electron chi connectivity index (χ2n) is 6.68. The number of nitrogens with zero attached hydrogens (tertiary/aromatic N) is 1. The van der Waals surface area contributed by atoms with Crippen molar-refractivity contribution >= 4 is 0 Å². The summed E-state index contributed by atoms with van der Waals surface area (Å²) >= 11 is 0. The van der Waals surface area contributed by atoms with Gasteiger partial charge in [0.05, 0.1) is 6.10 Å². The molecule has 0 radical (unpaired) electrons. The zero-order chi connectivity index (χ0) is 13.1. The van der Waals surface area contributed by atoms with Gasteiger partial charge in [0.1, 0.15) is 0 Å². The number of nitrogens with two attached hydrogens (primary N) is 1. The summed E-state index contributed by atoms with van der Waals surface area (Å²) in [7, 11) is 0. The molecule has 18 heavy (non-hydrogen) atoms. The van der Waals surface area contributed by atoms with Crippen molar-refractivity contribution in [1.82, 2.24) is 4.90 Å². The van der Waals surface area contributed by atoms with Crippen LogP contribution >= 0.6 is 0 Å². The first-order chi connectivity index (χ1) is 8.56. The maximum atomic E-state index is 6.39. The molecule has 2 fully saturated rings. The lowest BCUT2D eigenvalue weighted by Crippen LogP contribution is -2.47. The van der Waals surface area contributed by atoms with Crippen LogP contribution in [0.2, 0.25) is 0 Å². The van der Waals surface area contributed by atoms with Crippen molar-refractivity contribution < 1.29 is 4.74 Å². The van der Waals surface area contributed by atoms with E-state index in [0.29, 0.717) is 18.1 Å². The predicted octanol–water partition coefficient (Wildman–Crippen LogP) is 2.11. The fourth-order valence-electron chi connectivity index (χ4n) is 3.83. The van der Waals surface area contributed by atoms with Crippen molar-refractivity contribution in [3.8, 4) is 0 Å². The van der Waals surface area contributed by atoms with E-state index in [-0.39, 0.29) is 0 Å². The highest BCUT2D eigenvalue weighted by Crippen LogP contribution is 2.33. The minimum Gasteiger partial charge on any atom is -0.377 e. The Balaban J connectivity index is 1.90. The molecule has 106 valence electrons. The van der Waals surface area contributed by atoms with Crippen LogP contribution < -0.4 is 5.73 Å². The molecule has 1 saturated carbocycles. The summed E-state index contributed by atoms with van der Waals surface area (Å²) in [6.45, 7) is 11.3. The maximum Gasteiger partial charge on any atom is 0.0673 e. The van der Waals surface area contributed by atoms with Crippen LogP contribution in [0.25, 0.3) is 0 Å². The van der Waals surface area contributed by atoms with Crippen LogP contribution in [0.1, 0.15) is 40.0 Å². The van der Waals surface area contributed by atoms with Gasteiger partial charge in [-0.2, -0.15) is 0 Å². The lowest BCUT2D eigenvalue weighted by molar-refractivity contribution is 0.0577. The summed E-state index contributed by atoms with van der Waals surface area (Å²) in [5.41, 5.74) is 6.39. The van der Waals surface area contributed by atoms with Crippen LogP contribution in [0.3, 0.4) is 0 Å². The minimum atomic E-state index is 0.376. The van der Waals surface area contributed by atoms with Gasteiger partial charge in [0.2, 0.25) is 0 Å². The predicted molar refractivity (Wildman–Crippen MR) is 75.5 cm³/mol. The Morgan fingerprint density at radius 1 is 1.22 bits per heavy atom. The monoisotopic (exact) mass is 254 g/mol. The normalized spacial score (nSPS) is 43.7. The molecule has 0 aromatic rings. The van der Waals surface area contributed by atoms with E-state index >= 15 is 0 Å². The number of hydrogen-bond acceptors (Lipinski definition) is 3. The van der Waals surface area contributed by atoms with Gasteiger partial charge < -0.3 is 15.4 Å². The molecular weight excluding hydrogens is 224 g/mol. The molecule has 2 rings (SSSR count). The fraction of sp³-hybridized carbons (Fsp3) is 1.00. The van der Waals surface area contributed by atoms with E-state index in [9.17, 15) is 0 Å². The maximum absolute atomic E-state index is 6.39. The van der Waals surface area contributed by atoms with Crippen molar-refractivity contribution in [3.63, 3.8) is 0 Å². The molecule has 0 amide bonds. The molecule has 1 aliphatic heterocycles. The van der Waals surface area contributed by atoms with E-state index in [1.165, 1.54) is 25.9 Å². The van der Waals surface area contributed by atoms with E-state index in [1.54, 1.807) is 0 Å². The fourth-order valence-corrected chi connectivity index (χ4v) is 3.83. The summed E-state index contributed by atoms with van der Waals surface area (Å²) in [4.78, 5) is 2.58. The van der Waals surface area contributed by atoms with E-state index in [2.05, 4.69) is 25.7 Å². The molecule has 1 saturated heterocycles. The van der Waals surface area contributed by atoms with Crippen molar-refractivity contribution in [2.45, 2.75) is 52.2 Å². The largest absolute Gasteiger partial charge is 0.377 e. The topological polar surface area (TPSA) is 38.5 Å². The lowest BCUT2D eigenvalue weighted by atomic mass is 9.72. The Morgan fingerprint density at radius 2 is 2.00 bits per heavy atom. The van der Waals surface area contributed by atoms with Crippen LogP contribution in [-0.2, 0) is 4.74 Å². The molecule has 0 spiro atoms. The van der Waals surface area contributed by atoms with Gasteiger partial charge in [-0.05, 0) is 43.9 Å². The molecular formula is C15H30N2O. The molecule has 3 nitrogen and oxygen atoms in total. The molecule has 3 heteroatoms. The molecule has 2 aliphatic rings. The number of rotatable bonds is 2. The van der Waals surface area contributed by atoms with Crippen molar-refractivity contribution in [2.24, 2.45) is 23.5 Å². The lowest BCUT2D eigenvalue weighted by Gasteiger charge is -2.40. The molecule has 0 bridgehead atoms.